The van der Waals surface area contributed by atoms with E-state index in [4.69, 9.17) is 9.47 Å². The Bertz CT molecular complexity index is 2020. The van der Waals surface area contributed by atoms with Crippen molar-refractivity contribution in [2.75, 3.05) is 30.6 Å². The lowest BCUT2D eigenvalue weighted by Gasteiger charge is -2.47. The van der Waals surface area contributed by atoms with Crippen LogP contribution in [0.15, 0.2) is 66.0 Å². The van der Waals surface area contributed by atoms with Gasteiger partial charge in [0, 0.05) is 41.2 Å². The fraction of sp³-hybridized carbons (Fsp3) is 0.366. The van der Waals surface area contributed by atoms with Crippen molar-refractivity contribution in [1.29, 1.82) is 15.8 Å². The summed E-state index contributed by atoms with van der Waals surface area (Å²) < 4.78 is 11.3. The number of anilines is 2. The van der Waals surface area contributed by atoms with Crippen molar-refractivity contribution in [2.45, 2.75) is 77.4 Å². The molecule has 0 bridgehead atoms. The van der Waals surface area contributed by atoms with E-state index in [1.807, 2.05) is 62.2 Å². The van der Waals surface area contributed by atoms with Crippen molar-refractivity contribution in [3.8, 4) is 28.0 Å². The molecule has 0 fully saturated rings. The van der Waals surface area contributed by atoms with E-state index >= 15 is 0 Å². The van der Waals surface area contributed by atoms with Crippen LogP contribution in [0.25, 0.3) is 27.5 Å². The van der Waals surface area contributed by atoms with Gasteiger partial charge in [0.2, 0.25) is 0 Å². The molecule has 0 N–H and O–H groups in total. The molecule has 0 amide bonds. The molecule has 5 rings (SSSR count). The smallest absolute Gasteiger partial charge is 0.331 e. The third-order valence-electron chi connectivity index (χ3n) is 9.65. The number of thiophene rings is 2. The van der Waals surface area contributed by atoms with E-state index in [-0.39, 0.29) is 29.2 Å². The van der Waals surface area contributed by atoms with Crippen LogP contribution in [0.5, 0.6) is 0 Å². The number of carbonyl (C=O) groups excluding carboxylic acids is 1. The maximum Gasteiger partial charge on any atom is 0.331 e. The summed E-state index contributed by atoms with van der Waals surface area (Å²) in [4.78, 5) is 20.3. The lowest BCUT2D eigenvalue weighted by molar-refractivity contribution is -0.137. The number of nitriles is 3. The molecule has 2 aromatic heterocycles. The maximum absolute atomic E-state index is 11.5. The minimum Gasteiger partial charge on any atom is -0.479 e. The van der Waals surface area contributed by atoms with Gasteiger partial charge in [-0.15, -0.1) is 22.7 Å². The van der Waals surface area contributed by atoms with Crippen LogP contribution in [0.1, 0.15) is 87.1 Å². The van der Waals surface area contributed by atoms with Crippen molar-refractivity contribution in [1.82, 2.24) is 0 Å². The first-order chi connectivity index (χ1) is 24.5. The normalized spacial score (nSPS) is 15.4. The van der Waals surface area contributed by atoms with Crippen LogP contribution in [0.2, 0.25) is 0 Å². The highest BCUT2D eigenvalue weighted by molar-refractivity contribution is 7.23. The standard InChI is InChI=1S/C41H43N5O3S2/c1-8-11-19-41(20-12-9-2)32-21-30(18-15-27-13-16-29(17-14-27)45(6)26-48-35(47)10-3)50-38(32)39-33(46(41)7)22-34(51-39)36-31(25-44)37(28(23-42)24-43)49-40(36,4)5/h10,13-18,21-22H,3,8-9,11-12,19-20,26H2,1-2,4-7H3/b18-15+. The van der Waals surface area contributed by atoms with Crippen LogP contribution in [0.3, 0.4) is 0 Å². The molecule has 10 heteroatoms. The fourth-order valence-electron chi connectivity index (χ4n) is 6.92. The van der Waals surface area contributed by atoms with Crippen molar-refractivity contribution in [2.24, 2.45) is 0 Å². The number of ether oxygens (including phenoxy) is 2. The summed E-state index contributed by atoms with van der Waals surface area (Å²) in [6, 6.07) is 18.7. The Balaban J connectivity index is 1.59. The molecule has 262 valence electrons. The van der Waals surface area contributed by atoms with Crippen molar-refractivity contribution in [3.05, 3.63) is 86.8 Å². The molecule has 0 saturated heterocycles. The zero-order valence-electron chi connectivity index (χ0n) is 30.1. The molecule has 0 unspecified atom stereocenters. The Labute approximate surface area is 309 Å². The molecule has 0 radical (unpaired) electrons. The van der Waals surface area contributed by atoms with E-state index in [9.17, 15) is 20.6 Å². The number of fused-ring (bicyclic) bond motifs is 3. The fourth-order valence-corrected chi connectivity index (χ4v) is 9.61. The van der Waals surface area contributed by atoms with Crippen molar-refractivity contribution >= 4 is 57.7 Å². The number of allylic oxidation sites excluding steroid dienone is 2. The predicted octanol–water partition coefficient (Wildman–Crippen LogP) is 10.2. The molecule has 4 heterocycles. The van der Waals surface area contributed by atoms with Crippen LogP contribution in [-0.4, -0.2) is 32.4 Å². The van der Waals surface area contributed by atoms with Crippen LogP contribution < -0.4 is 9.80 Å². The molecule has 2 aliphatic heterocycles. The van der Waals surface area contributed by atoms with E-state index < -0.39 is 11.6 Å². The zero-order valence-corrected chi connectivity index (χ0v) is 31.8. The summed E-state index contributed by atoms with van der Waals surface area (Å²) >= 11 is 3.43. The van der Waals surface area contributed by atoms with Crippen LogP contribution in [0.4, 0.5) is 11.4 Å². The number of rotatable bonds is 13. The molecule has 8 nitrogen and oxygen atoms in total. The Kier molecular flexibility index (Phi) is 11.3. The largest absolute Gasteiger partial charge is 0.479 e. The molecule has 2 aliphatic rings. The predicted molar refractivity (Wildman–Crippen MR) is 208 cm³/mol. The number of benzene rings is 1. The Morgan fingerprint density at radius 1 is 1.02 bits per heavy atom. The van der Waals surface area contributed by atoms with E-state index in [1.54, 1.807) is 22.7 Å². The Morgan fingerprint density at radius 3 is 2.27 bits per heavy atom. The van der Waals surface area contributed by atoms with Gasteiger partial charge in [-0.3, -0.25) is 0 Å². The molecule has 3 aromatic rings. The van der Waals surface area contributed by atoms with E-state index in [1.165, 1.54) is 10.4 Å². The minimum absolute atomic E-state index is 0.0579. The number of hydrogen-bond acceptors (Lipinski definition) is 10. The highest BCUT2D eigenvalue weighted by atomic mass is 32.1. The first-order valence-corrected chi connectivity index (χ1v) is 18.8. The lowest BCUT2D eigenvalue weighted by Crippen LogP contribution is -2.46. The van der Waals surface area contributed by atoms with Gasteiger partial charge in [0.1, 0.15) is 29.4 Å². The summed E-state index contributed by atoms with van der Waals surface area (Å²) in [5.41, 5.74) is 4.12. The summed E-state index contributed by atoms with van der Waals surface area (Å²) in [5, 5.41) is 29.6. The number of unbranched alkanes of at least 4 members (excludes halogenated alkanes) is 2. The average Bonchev–Trinajstić information content (AvgIpc) is 3.83. The van der Waals surface area contributed by atoms with E-state index in [0.29, 0.717) is 5.57 Å². The molecule has 0 aliphatic carbocycles. The quantitative estimate of drug-likeness (QED) is 0.0743. The second-order valence-electron chi connectivity index (χ2n) is 13.3. The van der Waals surface area contributed by atoms with Crippen molar-refractivity contribution < 1.29 is 14.3 Å². The number of hydrogen-bond donors (Lipinski definition) is 0. The summed E-state index contributed by atoms with van der Waals surface area (Å²) in [5.74, 6) is -0.399. The third-order valence-corrected chi connectivity index (χ3v) is 12.1. The van der Waals surface area contributed by atoms with Gasteiger partial charge in [0.25, 0.3) is 0 Å². The number of esters is 1. The number of carbonyl (C=O) groups is 1. The van der Waals surface area contributed by atoms with Gasteiger partial charge in [-0.1, -0.05) is 64.3 Å². The molecular weight excluding hydrogens is 675 g/mol. The second kappa shape index (κ2) is 15.4. The molecule has 0 atom stereocenters. The Morgan fingerprint density at radius 2 is 1.69 bits per heavy atom. The minimum atomic E-state index is -0.903. The van der Waals surface area contributed by atoms with Gasteiger partial charge < -0.3 is 19.3 Å². The summed E-state index contributed by atoms with van der Waals surface area (Å²) in [6.07, 6.45) is 11.9. The molecule has 51 heavy (non-hydrogen) atoms. The first-order valence-electron chi connectivity index (χ1n) is 17.2. The van der Waals surface area contributed by atoms with Crippen molar-refractivity contribution in [3.63, 3.8) is 0 Å². The molecular formula is C41H43N5O3S2. The maximum atomic E-state index is 11.5. The van der Waals surface area contributed by atoms with Gasteiger partial charge in [-0.2, -0.15) is 15.8 Å². The van der Waals surface area contributed by atoms with Crippen LogP contribution >= 0.6 is 22.7 Å². The Hall–Kier alpha value is -5.08. The van der Waals surface area contributed by atoms with Crippen LogP contribution in [0, 0.1) is 34.0 Å². The van der Waals surface area contributed by atoms with E-state index in [2.05, 4.69) is 62.7 Å². The first kappa shape index (κ1) is 37.2. The summed E-state index contributed by atoms with van der Waals surface area (Å²) in [7, 11) is 4.07. The summed E-state index contributed by atoms with van der Waals surface area (Å²) in [6.45, 7) is 11.8. The highest BCUT2D eigenvalue weighted by Gasteiger charge is 2.46. The van der Waals surface area contributed by atoms with Gasteiger partial charge in [-0.05, 0) is 68.2 Å². The monoisotopic (exact) mass is 717 g/mol. The average molecular weight is 718 g/mol. The molecule has 0 spiro atoms. The third kappa shape index (κ3) is 7.10. The highest BCUT2D eigenvalue weighted by Crippen LogP contribution is 2.59. The topological polar surface area (TPSA) is 113 Å². The molecule has 0 saturated carbocycles. The SMILES string of the molecule is C=CC(=O)OCN(C)c1ccc(/C=C/c2cc3c(s2)-c2sc(C4=C(C#N)C(=C(C#N)C#N)OC4(C)C)cc2N(C)C3(CCCC)CCCC)cc1. The zero-order chi connectivity index (χ0) is 36.9. The van der Waals surface area contributed by atoms with E-state index in [0.717, 1.165) is 76.2 Å². The van der Waals surface area contributed by atoms with Gasteiger partial charge in [0.05, 0.1) is 21.0 Å². The molecule has 1 aromatic carbocycles. The van der Waals surface area contributed by atoms with Gasteiger partial charge >= 0.3 is 5.97 Å². The lowest BCUT2D eigenvalue weighted by atomic mass is 9.77. The van der Waals surface area contributed by atoms with Crippen LogP contribution in [-0.2, 0) is 19.8 Å². The number of nitrogens with zero attached hydrogens (tertiary/aromatic N) is 5. The van der Waals surface area contributed by atoms with Gasteiger partial charge in [0.15, 0.2) is 18.1 Å². The van der Waals surface area contributed by atoms with Gasteiger partial charge in [-0.25, -0.2) is 4.79 Å². The second-order valence-corrected chi connectivity index (χ2v) is 15.5.